The molecule has 7 nitrogen and oxygen atoms in total. The van der Waals surface area contributed by atoms with Gasteiger partial charge in [0.25, 0.3) is 0 Å². The Morgan fingerprint density at radius 3 is 2.62 bits per heavy atom. The number of carbonyl (C=O) groups is 1. The van der Waals surface area contributed by atoms with E-state index in [0.717, 1.165) is 28.8 Å². The first-order valence-electron chi connectivity index (χ1n) is 9.49. The SMILES string of the molecule is COC(=O)c1ccc(-c2cnc(C)nc2OC[C@H]2C[C@@H]2c2ccc(C)cn2)cn1. The molecule has 148 valence electrons. The largest absolute Gasteiger partial charge is 0.477 e. The minimum Gasteiger partial charge on any atom is -0.477 e. The molecule has 1 saturated carbocycles. The predicted octanol–water partition coefficient (Wildman–Crippen LogP) is 3.52. The Morgan fingerprint density at radius 2 is 1.93 bits per heavy atom. The molecule has 0 bridgehead atoms. The topological polar surface area (TPSA) is 87.1 Å². The molecule has 1 aliphatic carbocycles. The molecule has 29 heavy (non-hydrogen) atoms. The molecule has 4 rings (SSSR count). The fraction of sp³-hybridized carbons (Fsp3) is 0.318. The average molecular weight is 390 g/mol. The summed E-state index contributed by atoms with van der Waals surface area (Å²) in [6.07, 6.45) is 6.29. The van der Waals surface area contributed by atoms with Gasteiger partial charge in [0, 0.05) is 41.7 Å². The monoisotopic (exact) mass is 390 g/mol. The number of hydrogen-bond donors (Lipinski definition) is 0. The number of nitrogens with zero attached hydrogens (tertiary/aromatic N) is 4. The average Bonchev–Trinajstić information content (AvgIpc) is 3.52. The number of esters is 1. The van der Waals surface area contributed by atoms with Gasteiger partial charge < -0.3 is 9.47 Å². The summed E-state index contributed by atoms with van der Waals surface area (Å²) in [6, 6.07) is 7.59. The number of pyridine rings is 2. The van der Waals surface area contributed by atoms with Gasteiger partial charge in [0.15, 0.2) is 0 Å². The Hall–Kier alpha value is -3.35. The summed E-state index contributed by atoms with van der Waals surface area (Å²) in [5.41, 5.74) is 4.05. The van der Waals surface area contributed by atoms with E-state index < -0.39 is 5.97 Å². The highest BCUT2D eigenvalue weighted by atomic mass is 16.5. The van der Waals surface area contributed by atoms with Crippen LogP contribution in [-0.4, -0.2) is 39.6 Å². The number of rotatable bonds is 6. The third-order valence-corrected chi connectivity index (χ3v) is 5.01. The van der Waals surface area contributed by atoms with Gasteiger partial charge in [-0.1, -0.05) is 12.1 Å². The number of methoxy groups -OCH3 is 1. The predicted molar refractivity (Wildman–Crippen MR) is 107 cm³/mol. The second-order valence-electron chi connectivity index (χ2n) is 7.23. The first kappa shape index (κ1) is 19.0. The van der Waals surface area contributed by atoms with E-state index in [1.54, 1.807) is 24.5 Å². The van der Waals surface area contributed by atoms with Crippen molar-refractivity contribution in [3.05, 3.63) is 65.6 Å². The smallest absolute Gasteiger partial charge is 0.356 e. The highest BCUT2D eigenvalue weighted by Crippen LogP contribution is 2.47. The number of hydrogen-bond acceptors (Lipinski definition) is 7. The van der Waals surface area contributed by atoms with Crippen LogP contribution in [0, 0.1) is 19.8 Å². The van der Waals surface area contributed by atoms with Crippen molar-refractivity contribution in [2.24, 2.45) is 5.92 Å². The van der Waals surface area contributed by atoms with Gasteiger partial charge >= 0.3 is 5.97 Å². The molecular weight excluding hydrogens is 368 g/mol. The first-order chi connectivity index (χ1) is 14.0. The van der Waals surface area contributed by atoms with Crippen LogP contribution in [-0.2, 0) is 4.74 Å². The standard InChI is InChI=1S/C22H22N4O3/c1-13-4-6-19(24-9-13)17-8-16(17)12-29-21-18(11-23-14(2)26-21)15-5-7-20(25-10-15)22(27)28-3/h4-7,9-11,16-17H,8,12H2,1-3H3/t16-,17+/m1/s1. The number of ether oxygens (including phenoxy) is 2. The maximum Gasteiger partial charge on any atom is 0.356 e. The van der Waals surface area contributed by atoms with Gasteiger partial charge in [0.1, 0.15) is 11.5 Å². The Bertz CT molecular complexity index is 1020. The van der Waals surface area contributed by atoms with E-state index in [2.05, 4.69) is 32.1 Å². The number of aromatic nitrogens is 4. The molecule has 0 radical (unpaired) electrons. The lowest BCUT2D eigenvalue weighted by Gasteiger charge is -2.11. The molecule has 7 heteroatoms. The second kappa shape index (κ2) is 7.95. The van der Waals surface area contributed by atoms with E-state index in [0.29, 0.717) is 30.1 Å². The van der Waals surface area contributed by atoms with Crippen LogP contribution in [0.15, 0.2) is 42.9 Å². The minimum atomic E-state index is -0.474. The van der Waals surface area contributed by atoms with Crippen LogP contribution in [0.25, 0.3) is 11.1 Å². The van der Waals surface area contributed by atoms with Crippen LogP contribution in [0.4, 0.5) is 0 Å². The maximum absolute atomic E-state index is 11.6. The molecule has 2 atom stereocenters. The van der Waals surface area contributed by atoms with E-state index in [1.807, 2.05) is 20.0 Å². The lowest BCUT2D eigenvalue weighted by atomic mass is 10.1. The van der Waals surface area contributed by atoms with E-state index in [-0.39, 0.29) is 5.69 Å². The summed E-state index contributed by atoms with van der Waals surface area (Å²) < 4.78 is 10.8. The van der Waals surface area contributed by atoms with Gasteiger partial charge in [-0.05, 0) is 38.0 Å². The van der Waals surface area contributed by atoms with Crippen molar-refractivity contribution in [2.75, 3.05) is 13.7 Å². The molecule has 3 aromatic heterocycles. The van der Waals surface area contributed by atoms with E-state index >= 15 is 0 Å². The summed E-state index contributed by atoms with van der Waals surface area (Å²) in [4.78, 5) is 29.0. The first-order valence-corrected chi connectivity index (χ1v) is 9.49. The minimum absolute atomic E-state index is 0.248. The van der Waals surface area contributed by atoms with Crippen molar-refractivity contribution in [1.82, 2.24) is 19.9 Å². The Labute approximate surface area is 169 Å². The second-order valence-corrected chi connectivity index (χ2v) is 7.23. The van der Waals surface area contributed by atoms with Gasteiger partial charge in [-0.2, -0.15) is 4.98 Å². The molecule has 0 spiro atoms. The highest BCUT2D eigenvalue weighted by Gasteiger charge is 2.40. The molecule has 0 N–H and O–H groups in total. The summed E-state index contributed by atoms with van der Waals surface area (Å²) >= 11 is 0. The molecule has 0 unspecified atom stereocenters. The number of aryl methyl sites for hydroxylation is 2. The summed E-state index contributed by atoms with van der Waals surface area (Å²) in [5.74, 6) is 1.54. The Morgan fingerprint density at radius 1 is 1.07 bits per heavy atom. The maximum atomic E-state index is 11.6. The van der Waals surface area contributed by atoms with Crippen LogP contribution in [0.1, 0.15) is 39.9 Å². The third kappa shape index (κ3) is 4.23. The van der Waals surface area contributed by atoms with Crippen LogP contribution < -0.4 is 4.74 Å². The molecule has 0 aromatic carbocycles. The molecule has 3 aromatic rings. The fourth-order valence-electron chi connectivity index (χ4n) is 3.21. The Balaban J connectivity index is 1.48. The molecule has 1 fully saturated rings. The lowest BCUT2D eigenvalue weighted by molar-refractivity contribution is 0.0594. The zero-order chi connectivity index (χ0) is 20.4. The van der Waals surface area contributed by atoms with Crippen LogP contribution in [0.5, 0.6) is 5.88 Å². The zero-order valence-corrected chi connectivity index (χ0v) is 16.6. The van der Waals surface area contributed by atoms with Gasteiger partial charge in [-0.15, -0.1) is 0 Å². The van der Waals surface area contributed by atoms with Gasteiger partial charge in [-0.25, -0.2) is 14.8 Å². The summed E-state index contributed by atoms with van der Waals surface area (Å²) in [7, 11) is 1.33. The van der Waals surface area contributed by atoms with Crippen molar-refractivity contribution in [1.29, 1.82) is 0 Å². The van der Waals surface area contributed by atoms with Gasteiger partial charge in [-0.3, -0.25) is 4.98 Å². The quantitative estimate of drug-likeness (QED) is 0.595. The van der Waals surface area contributed by atoms with E-state index in [1.165, 1.54) is 7.11 Å². The molecular formula is C22H22N4O3. The third-order valence-electron chi connectivity index (χ3n) is 5.01. The molecule has 0 aliphatic heterocycles. The molecule has 0 amide bonds. The number of carbonyl (C=O) groups excluding carboxylic acids is 1. The van der Waals surface area contributed by atoms with Crippen LogP contribution in [0.3, 0.4) is 0 Å². The van der Waals surface area contributed by atoms with Gasteiger partial charge in [0.05, 0.1) is 19.3 Å². The van der Waals surface area contributed by atoms with Crippen molar-refractivity contribution >= 4 is 5.97 Å². The molecule has 1 aliphatic rings. The summed E-state index contributed by atoms with van der Waals surface area (Å²) in [5, 5.41) is 0. The molecule has 0 saturated heterocycles. The molecule has 3 heterocycles. The fourth-order valence-corrected chi connectivity index (χ4v) is 3.21. The van der Waals surface area contributed by atoms with Crippen molar-refractivity contribution in [3.63, 3.8) is 0 Å². The highest BCUT2D eigenvalue weighted by molar-refractivity contribution is 5.87. The van der Waals surface area contributed by atoms with Crippen molar-refractivity contribution < 1.29 is 14.3 Å². The van der Waals surface area contributed by atoms with Crippen LogP contribution >= 0.6 is 0 Å². The Kier molecular flexibility index (Phi) is 5.20. The zero-order valence-electron chi connectivity index (χ0n) is 16.6. The normalized spacial score (nSPS) is 17.6. The van der Waals surface area contributed by atoms with E-state index in [9.17, 15) is 4.79 Å². The summed E-state index contributed by atoms with van der Waals surface area (Å²) in [6.45, 7) is 4.43. The van der Waals surface area contributed by atoms with Crippen LogP contribution in [0.2, 0.25) is 0 Å². The lowest BCUT2D eigenvalue weighted by Crippen LogP contribution is -2.06. The van der Waals surface area contributed by atoms with Crippen molar-refractivity contribution in [3.8, 4) is 17.0 Å². The van der Waals surface area contributed by atoms with Gasteiger partial charge in [0.2, 0.25) is 5.88 Å². The van der Waals surface area contributed by atoms with E-state index in [4.69, 9.17) is 9.47 Å². The van der Waals surface area contributed by atoms with Crippen molar-refractivity contribution in [2.45, 2.75) is 26.2 Å².